The van der Waals surface area contributed by atoms with Crippen LogP contribution in [0.3, 0.4) is 0 Å². The van der Waals surface area contributed by atoms with Crippen LogP contribution in [-0.4, -0.2) is 40.8 Å². The summed E-state index contributed by atoms with van der Waals surface area (Å²) in [6.45, 7) is 6.75. The number of ether oxygens (including phenoxy) is 3. The van der Waals surface area contributed by atoms with Crippen molar-refractivity contribution in [3.63, 3.8) is 0 Å². The Morgan fingerprint density at radius 1 is 0.938 bits per heavy atom. The van der Waals surface area contributed by atoms with Gasteiger partial charge in [-0.15, -0.1) is 0 Å². The van der Waals surface area contributed by atoms with Gasteiger partial charge in [0.1, 0.15) is 0 Å². The van der Waals surface area contributed by atoms with E-state index in [1.807, 2.05) is 30.6 Å². The van der Waals surface area contributed by atoms with E-state index in [1.54, 1.807) is 0 Å². The van der Waals surface area contributed by atoms with Crippen LogP contribution in [0.2, 0.25) is 0 Å². The van der Waals surface area contributed by atoms with Crippen molar-refractivity contribution in [1.29, 1.82) is 0 Å². The number of rotatable bonds is 6. The van der Waals surface area contributed by atoms with Crippen LogP contribution < -0.4 is 14.8 Å². The lowest BCUT2D eigenvalue weighted by molar-refractivity contribution is -0.0923. The summed E-state index contributed by atoms with van der Waals surface area (Å²) < 4.78 is 17.6. The third-order valence-corrected chi connectivity index (χ3v) is 5.65. The highest BCUT2D eigenvalue weighted by atomic mass is 16.7. The number of aromatic nitrogens is 2. The van der Waals surface area contributed by atoms with E-state index >= 15 is 0 Å². The van der Waals surface area contributed by atoms with E-state index in [0.29, 0.717) is 12.0 Å². The zero-order chi connectivity index (χ0) is 21.9. The monoisotopic (exact) mass is 432 g/mol. The summed E-state index contributed by atoms with van der Waals surface area (Å²) in [5.41, 5.74) is 3.35. The first-order valence-corrected chi connectivity index (χ1v) is 11.0. The molecule has 1 saturated heterocycles. The van der Waals surface area contributed by atoms with Gasteiger partial charge in [-0.2, -0.15) is 0 Å². The van der Waals surface area contributed by atoms with Crippen molar-refractivity contribution in [3.8, 4) is 11.5 Å². The number of nitrogens with zero attached hydrogens (tertiary/aromatic N) is 3. The highest BCUT2D eigenvalue weighted by Gasteiger charge is 2.31. The first-order chi connectivity index (χ1) is 15.6. The van der Waals surface area contributed by atoms with Crippen molar-refractivity contribution in [2.45, 2.75) is 38.6 Å². The molecule has 3 heterocycles. The van der Waals surface area contributed by atoms with Gasteiger partial charge >= 0.3 is 0 Å². The Labute approximate surface area is 188 Å². The topological polar surface area (TPSA) is 68.7 Å². The third-order valence-electron chi connectivity index (χ3n) is 5.65. The van der Waals surface area contributed by atoms with Crippen molar-refractivity contribution in [2.24, 2.45) is 0 Å². The van der Waals surface area contributed by atoms with Crippen molar-refractivity contribution >= 4 is 5.95 Å². The summed E-state index contributed by atoms with van der Waals surface area (Å²) >= 11 is 0. The molecule has 1 N–H and O–H groups in total. The molecule has 7 heteroatoms. The number of hydrogen-bond acceptors (Lipinski definition) is 7. The number of fused-ring (bicyclic) bond motifs is 1. The zero-order valence-electron chi connectivity index (χ0n) is 18.4. The van der Waals surface area contributed by atoms with E-state index < -0.39 is 0 Å². The van der Waals surface area contributed by atoms with Crippen molar-refractivity contribution in [2.75, 3.05) is 25.2 Å². The van der Waals surface area contributed by atoms with E-state index in [2.05, 4.69) is 64.4 Å². The van der Waals surface area contributed by atoms with Gasteiger partial charge in [-0.25, -0.2) is 9.97 Å². The smallest absolute Gasteiger partial charge is 0.231 e. The molecule has 0 aliphatic carbocycles. The van der Waals surface area contributed by atoms with Gasteiger partial charge in [0.15, 0.2) is 11.5 Å². The molecule has 0 saturated carbocycles. The Balaban J connectivity index is 1.36. The van der Waals surface area contributed by atoms with Crippen LogP contribution in [0.5, 0.6) is 11.5 Å². The predicted octanol–water partition coefficient (Wildman–Crippen LogP) is 4.34. The first-order valence-electron chi connectivity index (χ1n) is 11.0. The van der Waals surface area contributed by atoms with Gasteiger partial charge in [0.05, 0.1) is 12.2 Å². The highest BCUT2D eigenvalue weighted by Crippen LogP contribution is 2.38. The van der Waals surface area contributed by atoms with E-state index in [4.69, 9.17) is 14.2 Å². The minimum atomic E-state index is -0.0775. The molecule has 2 aliphatic heterocycles. The number of anilines is 1. The summed E-state index contributed by atoms with van der Waals surface area (Å²) in [5.74, 6) is 2.22. The molecule has 32 heavy (non-hydrogen) atoms. The average Bonchev–Trinajstić information content (AvgIpc) is 3.28. The SMILES string of the molecule is CC(C)Nc1ncc(CN2C[C@@H](c3ccccc3)O[C@@H](c3ccc4c(c3)OCO4)C2)cn1. The van der Waals surface area contributed by atoms with Crippen LogP contribution in [-0.2, 0) is 11.3 Å². The Kier molecular flexibility index (Phi) is 5.92. The summed E-state index contributed by atoms with van der Waals surface area (Å²) in [6.07, 6.45) is 3.70. The molecular formula is C25H28N4O3. The van der Waals surface area contributed by atoms with Gasteiger partial charge in [0.25, 0.3) is 0 Å². The summed E-state index contributed by atoms with van der Waals surface area (Å²) in [4.78, 5) is 11.3. The standard InChI is InChI=1S/C25H28N4O3/c1-17(2)28-25-26-11-18(12-27-25)13-29-14-23(19-6-4-3-5-7-19)32-24(15-29)20-8-9-21-22(10-20)31-16-30-21/h3-12,17,23-24H,13-16H2,1-2H3,(H,26,27,28)/t23-,24+/m0/s1. The molecule has 2 aliphatic rings. The van der Waals surface area contributed by atoms with Crippen LogP contribution in [0.1, 0.15) is 42.7 Å². The Morgan fingerprint density at radius 2 is 1.66 bits per heavy atom. The Hall–Kier alpha value is -3.16. The van der Waals surface area contributed by atoms with Crippen LogP contribution >= 0.6 is 0 Å². The lowest BCUT2D eigenvalue weighted by Gasteiger charge is -2.38. The summed E-state index contributed by atoms with van der Waals surface area (Å²) in [7, 11) is 0. The molecule has 2 atom stereocenters. The van der Waals surface area contributed by atoms with Crippen LogP contribution in [0, 0.1) is 0 Å². The van der Waals surface area contributed by atoms with Gasteiger partial charge in [-0.05, 0) is 37.1 Å². The Morgan fingerprint density at radius 3 is 2.41 bits per heavy atom. The molecule has 1 aromatic heterocycles. The van der Waals surface area contributed by atoms with Gasteiger partial charge in [-0.1, -0.05) is 36.4 Å². The molecule has 0 radical (unpaired) electrons. The number of hydrogen-bond donors (Lipinski definition) is 1. The fraction of sp³-hybridized carbons (Fsp3) is 0.360. The minimum absolute atomic E-state index is 0.0248. The van der Waals surface area contributed by atoms with Crippen molar-refractivity contribution < 1.29 is 14.2 Å². The second-order valence-corrected chi connectivity index (χ2v) is 8.54. The largest absolute Gasteiger partial charge is 0.454 e. The normalized spacial score (nSPS) is 20.5. The van der Waals surface area contributed by atoms with Gasteiger partial charge in [0.2, 0.25) is 12.7 Å². The minimum Gasteiger partial charge on any atom is -0.454 e. The first kappa shape index (κ1) is 20.7. The van der Waals surface area contributed by atoms with E-state index in [-0.39, 0.29) is 19.0 Å². The summed E-state index contributed by atoms with van der Waals surface area (Å²) in [5, 5.41) is 3.24. The molecule has 3 aromatic rings. The molecule has 166 valence electrons. The van der Waals surface area contributed by atoms with Crippen LogP contribution in [0.15, 0.2) is 60.9 Å². The molecule has 1 fully saturated rings. The van der Waals surface area contributed by atoms with Gasteiger partial charge in [-0.3, -0.25) is 4.90 Å². The molecule has 5 rings (SSSR count). The molecular weight excluding hydrogens is 404 g/mol. The zero-order valence-corrected chi connectivity index (χ0v) is 18.4. The van der Waals surface area contributed by atoms with Gasteiger partial charge in [0, 0.05) is 43.6 Å². The van der Waals surface area contributed by atoms with E-state index in [0.717, 1.165) is 42.3 Å². The van der Waals surface area contributed by atoms with Crippen molar-refractivity contribution in [1.82, 2.24) is 14.9 Å². The molecule has 0 unspecified atom stereocenters. The fourth-order valence-electron chi connectivity index (χ4n) is 4.13. The molecule has 2 aromatic carbocycles. The average molecular weight is 433 g/mol. The Bertz CT molecular complexity index is 1040. The number of nitrogens with one attached hydrogen (secondary N) is 1. The predicted molar refractivity (Wildman–Crippen MR) is 122 cm³/mol. The van der Waals surface area contributed by atoms with Gasteiger partial charge < -0.3 is 19.5 Å². The van der Waals surface area contributed by atoms with Crippen molar-refractivity contribution in [3.05, 3.63) is 77.6 Å². The maximum atomic E-state index is 6.57. The van der Waals surface area contributed by atoms with Crippen LogP contribution in [0.25, 0.3) is 0 Å². The van der Waals surface area contributed by atoms with E-state index in [9.17, 15) is 0 Å². The second kappa shape index (κ2) is 9.14. The molecule has 0 bridgehead atoms. The number of benzene rings is 2. The lowest BCUT2D eigenvalue weighted by Crippen LogP contribution is -2.39. The van der Waals surface area contributed by atoms with Crippen LogP contribution in [0.4, 0.5) is 5.95 Å². The molecule has 0 amide bonds. The number of morpholine rings is 1. The maximum absolute atomic E-state index is 6.57. The maximum Gasteiger partial charge on any atom is 0.231 e. The quantitative estimate of drug-likeness (QED) is 0.621. The fourth-order valence-corrected chi connectivity index (χ4v) is 4.13. The lowest BCUT2D eigenvalue weighted by atomic mass is 10.0. The second-order valence-electron chi connectivity index (χ2n) is 8.54. The summed E-state index contributed by atoms with van der Waals surface area (Å²) in [6, 6.07) is 16.8. The highest BCUT2D eigenvalue weighted by molar-refractivity contribution is 5.45. The molecule has 7 nitrogen and oxygen atoms in total. The van der Waals surface area contributed by atoms with E-state index in [1.165, 1.54) is 5.56 Å². The third kappa shape index (κ3) is 4.69. The molecule has 0 spiro atoms.